The number of para-hydroxylation sites is 3. The predicted octanol–water partition coefficient (Wildman–Crippen LogP) is 13.7. The summed E-state index contributed by atoms with van der Waals surface area (Å²) in [5.74, 6) is 0. The summed E-state index contributed by atoms with van der Waals surface area (Å²) in [5.41, 5.74) is 8.52. The number of furan rings is 1. The van der Waals surface area contributed by atoms with E-state index in [2.05, 4.69) is 167 Å². The van der Waals surface area contributed by atoms with E-state index < -0.39 is 0 Å². The van der Waals surface area contributed by atoms with E-state index in [0.717, 1.165) is 50.2 Å². The highest BCUT2D eigenvalue weighted by molar-refractivity contribution is 7.26. The maximum atomic E-state index is 6.47. The molecule has 0 spiro atoms. The summed E-state index contributed by atoms with van der Waals surface area (Å²) in [6.07, 6.45) is 0. The molecule has 0 bridgehead atoms. The Kier molecular flexibility index (Phi) is 5.83. The monoisotopic (exact) mass is 656 g/mol. The Hall–Kier alpha value is -6.36. The van der Waals surface area contributed by atoms with Crippen molar-refractivity contribution in [1.82, 2.24) is 4.57 Å². The number of hydrogen-bond acceptors (Lipinski definition) is 3. The first-order valence-electron chi connectivity index (χ1n) is 16.9. The zero-order valence-corrected chi connectivity index (χ0v) is 27.7. The first-order valence-corrected chi connectivity index (χ1v) is 17.7. The molecule has 50 heavy (non-hydrogen) atoms. The minimum atomic E-state index is 0.875. The summed E-state index contributed by atoms with van der Waals surface area (Å²) in [5, 5.41) is 9.77. The van der Waals surface area contributed by atoms with Gasteiger partial charge in [0.15, 0.2) is 0 Å². The summed E-state index contributed by atoms with van der Waals surface area (Å²) < 4.78 is 11.5. The lowest BCUT2D eigenvalue weighted by Crippen LogP contribution is -2.10. The smallest absolute Gasteiger partial charge is 0.137 e. The number of thiophene rings is 1. The number of hydrogen-bond donors (Lipinski definition) is 0. The van der Waals surface area contributed by atoms with Crippen molar-refractivity contribution in [2.75, 3.05) is 4.90 Å². The van der Waals surface area contributed by atoms with Crippen LogP contribution in [0.4, 0.5) is 17.1 Å². The Morgan fingerprint density at radius 3 is 2.06 bits per heavy atom. The summed E-state index contributed by atoms with van der Waals surface area (Å²) in [6.45, 7) is 0. The summed E-state index contributed by atoms with van der Waals surface area (Å²) >= 11 is 1.86. The molecule has 4 heteroatoms. The van der Waals surface area contributed by atoms with Gasteiger partial charge in [-0.2, -0.15) is 0 Å². The molecule has 0 unspecified atom stereocenters. The predicted molar refractivity (Wildman–Crippen MR) is 213 cm³/mol. The highest BCUT2D eigenvalue weighted by atomic mass is 32.1. The Morgan fingerprint density at radius 1 is 0.440 bits per heavy atom. The molecule has 0 saturated heterocycles. The lowest BCUT2D eigenvalue weighted by Gasteiger charge is -2.27. The number of fused-ring (bicyclic) bond motifs is 11. The Morgan fingerprint density at radius 2 is 1.14 bits per heavy atom. The van der Waals surface area contributed by atoms with Gasteiger partial charge in [-0.1, -0.05) is 91.0 Å². The topological polar surface area (TPSA) is 21.3 Å². The Labute approximate surface area is 291 Å². The molecule has 0 amide bonds. The number of benzene rings is 8. The minimum Gasteiger partial charge on any atom is -0.456 e. The lowest BCUT2D eigenvalue weighted by molar-refractivity contribution is 0.669. The zero-order chi connectivity index (χ0) is 32.8. The molecule has 0 saturated carbocycles. The van der Waals surface area contributed by atoms with Gasteiger partial charge in [-0.15, -0.1) is 11.3 Å². The van der Waals surface area contributed by atoms with Crippen molar-refractivity contribution < 1.29 is 4.42 Å². The average molecular weight is 657 g/mol. The molecular formula is C46H28N2OS. The second kappa shape index (κ2) is 10.6. The van der Waals surface area contributed by atoms with Crippen LogP contribution in [0.25, 0.3) is 80.4 Å². The van der Waals surface area contributed by atoms with Crippen LogP contribution in [0.15, 0.2) is 174 Å². The largest absolute Gasteiger partial charge is 0.456 e. The first-order chi connectivity index (χ1) is 24.8. The molecule has 3 heterocycles. The van der Waals surface area contributed by atoms with Crippen molar-refractivity contribution in [2.45, 2.75) is 0 Å². The van der Waals surface area contributed by atoms with Crippen LogP contribution in [-0.2, 0) is 0 Å². The maximum Gasteiger partial charge on any atom is 0.137 e. The quantitative estimate of drug-likeness (QED) is 0.188. The summed E-state index contributed by atoms with van der Waals surface area (Å²) in [4.78, 5) is 2.42. The molecule has 0 atom stereocenters. The zero-order valence-electron chi connectivity index (χ0n) is 26.9. The van der Waals surface area contributed by atoms with Gasteiger partial charge in [0, 0.05) is 64.8 Å². The highest BCUT2D eigenvalue weighted by Crippen LogP contribution is 2.47. The second-order valence-corrected chi connectivity index (χ2v) is 14.0. The van der Waals surface area contributed by atoms with Crippen molar-refractivity contribution in [3.05, 3.63) is 170 Å². The molecule has 3 aromatic heterocycles. The molecule has 11 rings (SSSR count). The van der Waals surface area contributed by atoms with Gasteiger partial charge in [0.05, 0.1) is 16.7 Å². The second-order valence-electron chi connectivity index (χ2n) is 12.9. The molecule has 0 aliphatic rings. The molecule has 234 valence electrons. The summed E-state index contributed by atoms with van der Waals surface area (Å²) in [6, 6.07) is 61.3. The standard InChI is InChI=1S/C46H28N2OS/c1-2-11-30(12-3-1)48-38-16-7-4-14-35(38)46-39(17-10-18-40(46)48)47(32-24-25-34-33-13-5-8-19-41(33)49-42(34)28-32)31-23-21-29-22-26-44-45(37(29)27-31)36-15-6-9-20-43(36)50-44/h1-28H. The van der Waals surface area contributed by atoms with Crippen LogP contribution in [0.3, 0.4) is 0 Å². The molecule has 11 aromatic rings. The molecule has 0 aliphatic heterocycles. The SMILES string of the molecule is c1ccc(-n2c3ccccc3c3c(N(c4ccc5c(c4)oc4ccccc45)c4ccc5ccc6sc7ccccc7c6c5c4)cccc32)cc1. The van der Waals surface area contributed by atoms with E-state index in [1.807, 2.05) is 23.5 Å². The average Bonchev–Trinajstić information content (AvgIpc) is 3.85. The third-order valence-corrected chi connectivity index (χ3v) is 11.3. The molecule has 0 N–H and O–H groups in total. The van der Waals surface area contributed by atoms with Gasteiger partial charge in [-0.25, -0.2) is 0 Å². The van der Waals surface area contributed by atoms with E-state index in [1.165, 1.54) is 47.2 Å². The van der Waals surface area contributed by atoms with Crippen LogP contribution < -0.4 is 4.90 Å². The molecule has 3 nitrogen and oxygen atoms in total. The number of aromatic nitrogens is 1. The normalized spacial score (nSPS) is 12.0. The highest BCUT2D eigenvalue weighted by Gasteiger charge is 2.22. The van der Waals surface area contributed by atoms with Gasteiger partial charge < -0.3 is 13.9 Å². The van der Waals surface area contributed by atoms with E-state index in [1.54, 1.807) is 0 Å². The van der Waals surface area contributed by atoms with Gasteiger partial charge in [-0.3, -0.25) is 0 Å². The van der Waals surface area contributed by atoms with E-state index >= 15 is 0 Å². The van der Waals surface area contributed by atoms with Crippen LogP contribution in [0.2, 0.25) is 0 Å². The van der Waals surface area contributed by atoms with E-state index in [-0.39, 0.29) is 0 Å². The van der Waals surface area contributed by atoms with E-state index in [9.17, 15) is 0 Å². The molecule has 8 aromatic carbocycles. The fourth-order valence-electron chi connectivity index (χ4n) is 7.99. The lowest BCUT2D eigenvalue weighted by atomic mass is 10.0. The van der Waals surface area contributed by atoms with Gasteiger partial charge >= 0.3 is 0 Å². The third-order valence-electron chi connectivity index (χ3n) is 10.2. The van der Waals surface area contributed by atoms with Crippen LogP contribution in [0.1, 0.15) is 0 Å². The maximum absolute atomic E-state index is 6.47. The Bertz CT molecular complexity index is 3110. The molecule has 0 aliphatic carbocycles. The molecule has 0 radical (unpaired) electrons. The number of anilines is 3. The number of rotatable bonds is 4. The van der Waals surface area contributed by atoms with Crippen molar-refractivity contribution in [2.24, 2.45) is 0 Å². The van der Waals surface area contributed by atoms with Crippen LogP contribution >= 0.6 is 11.3 Å². The molecule has 0 fully saturated rings. The van der Waals surface area contributed by atoms with Crippen molar-refractivity contribution in [3.8, 4) is 5.69 Å². The van der Waals surface area contributed by atoms with Crippen LogP contribution in [0.5, 0.6) is 0 Å². The third kappa shape index (κ3) is 3.97. The fraction of sp³-hybridized carbons (Fsp3) is 0. The molecular weight excluding hydrogens is 629 g/mol. The van der Waals surface area contributed by atoms with Crippen molar-refractivity contribution >= 4 is 103 Å². The Balaban J connectivity index is 1.24. The van der Waals surface area contributed by atoms with Gasteiger partial charge in [0.2, 0.25) is 0 Å². The van der Waals surface area contributed by atoms with Crippen molar-refractivity contribution in [1.29, 1.82) is 0 Å². The van der Waals surface area contributed by atoms with Crippen molar-refractivity contribution in [3.63, 3.8) is 0 Å². The van der Waals surface area contributed by atoms with Crippen LogP contribution in [0, 0.1) is 0 Å². The van der Waals surface area contributed by atoms with Gasteiger partial charge in [0.1, 0.15) is 11.2 Å². The van der Waals surface area contributed by atoms with Gasteiger partial charge in [0.25, 0.3) is 0 Å². The summed E-state index contributed by atoms with van der Waals surface area (Å²) in [7, 11) is 0. The van der Waals surface area contributed by atoms with E-state index in [0.29, 0.717) is 0 Å². The fourth-order valence-corrected chi connectivity index (χ4v) is 9.11. The first kappa shape index (κ1) is 27.6. The van der Waals surface area contributed by atoms with Crippen LogP contribution in [-0.4, -0.2) is 4.57 Å². The number of nitrogens with zero attached hydrogens (tertiary/aromatic N) is 2. The van der Waals surface area contributed by atoms with E-state index in [4.69, 9.17) is 4.42 Å². The van der Waals surface area contributed by atoms with Gasteiger partial charge in [-0.05, 0) is 83.6 Å². The minimum absolute atomic E-state index is 0.875.